The SMILES string of the molecule is O=[N+]([O-])c1cccc(N2COc3c(ccc4ccccc34)C2)c1. The molecule has 0 radical (unpaired) electrons. The second kappa shape index (κ2) is 5.28. The van der Waals surface area contributed by atoms with Crippen LogP contribution in [0.2, 0.25) is 0 Å². The van der Waals surface area contributed by atoms with E-state index in [1.807, 2.05) is 23.1 Å². The molecular formula is C18H14N2O3. The van der Waals surface area contributed by atoms with E-state index >= 15 is 0 Å². The number of anilines is 1. The molecule has 0 amide bonds. The molecule has 4 rings (SSSR count). The first-order valence-corrected chi connectivity index (χ1v) is 7.35. The summed E-state index contributed by atoms with van der Waals surface area (Å²) < 4.78 is 5.96. The Morgan fingerprint density at radius 1 is 1.04 bits per heavy atom. The molecule has 0 saturated carbocycles. The zero-order valence-electron chi connectivity index (χ0n) is 12.3. The molecule has 114 valence electrons. The van der Waals surface area contributed by atoms with Gasteiger partial charge in [0.1, 0.15) is 5.75 Å². The van der Waals surface area contributed by atoms with Crippen molar-refractivity contribution in [1.82, 2.24) is 0 Å². The third-order valence-electron chi connectivity index (χ3n) is 4.09. The van der Waals surface area contributed by atoms with Gasteiger partial charge in [0, 0.05) is 35.3 Å². The molecule has 1 heterocycles. The molecule has 0 saturated heterocycles. The minimum atomic E-state index is -0.379. The molecule has 1 aliphatic rings. The number of benzene rings is 3. The number of nitro groups is 1. The van der Waals surface area contributed by atoms with Gasteiger partial charge >= 0.3 is 0 Å². The number of nitrogens with zero attached hydrogens (tertiary/aromatic N) is 2. The molecule has 23 heavy (non-hydrogen) atoms. The monoisotopic (exact) mass is 306 g/mol. The molecule has 0 N–H and O–H groups in total. The van der Waals surface area contributed by atoms with Crippen LogP contribution < -0.4 is 9.64 Å². The molecule has 1 aliphatic heterocycles. The smallest absolute Gasteiger partial charge is 0.271 e. The second-order valence-corrected chi connectivity index (χ2v) is 5.52. The van der Waals surface area contributed by atoms with Gasteiger partial charge < -0.3 is 9.64 Å². The van der Waals surface area contributed by atoms with Crippen molar-refractivity contribution in [2.24, 2.45) is 0 Å². The maximum Gasteiger partial charge on any atom is 0.271 e. The Labute approximate surface area is 132 Å². The standard InChI is InChI=1S/C18H14N2O3/c21-20(22)16-6-3-5-15(10-16)19-11-14-9-8-13-4-1-2-7-17(13)18(14)23-12-19/h1-10H,11-12H2. The molecule has 0 unspecified atom stereocenters. The quantitative estimate of drug-likeness (QED) is 0.528. The van der Waals surface area contributed by atoms with E-state index in [0.717, 1.165) is 27.8 Å². The van der Waals surface area contributed by atoms with Crippen LogP contribution in [0.1, 0.15) is 5.56 Å². The van der Waals surface area contributed by atoms with Gasteiger partial charge in [-0.25, -0.2) is 0 Å². The van der Waals surface area contributed by atoms with Crippen molar-refractivity contribution >= 4 is 22.1 Å². The summed E-state index contributed by atoms with van der Waals surface area (Å²) in [5.74, 6) is 0.907. The van der Waals surface area contributed by atoms with E-state index in [1.165, 1.54) is 6.07 Å². The van der Waals surface area contributed by atoms with Crippen LogP contribution in [-0.4, -0.2) is 11.7 Å². The van der Waals surface area contributed by atoms with Gasteiger partial charge in [0.25, 0.3) is 5.69 Å². The van der Waals surface area contributed by atoms with Crippen LogP contribution in [0.4, 0.5) is 11.4 Å². The third-order valence-corrected chi connectivity index (χ3v) is 4.09. The molecule has 3 aromatic carbocycles. The summed E-state index contributed by atoms with van der Waals surface area (Å²) in [5.41, 5.74) is 1.96. The average Bonchev–Trinajstić information content (AvgIpc) is 2.61. The van der Waals surface area contributed by atoms with Crippen molar-refractivity contribution in [3.63, 3.8) is 0 Å². The summed E-state index contributed by atoms with van der Waals surface area (Å²) in [5, 5.41) is 13.2. The maximum atomic E-state index is 10.9. The normalized spacial score (nSPS) is 13.5. The molecular weight excluding hydrogens is 292 g/mol. The minimum Gasteiger partial charge on any atom is -0.472 e. The highest BCUT2D eigenvalue weighted by Gasteiger charge is 2.20. The molecule has 0 spiro atoms. The zero-order valence-corrected chi connectivity index (χ0v) is 12.3. The van der Waals surface area contributed by atoms with Crippen LogP contribution in [-0.2, 0) is 6.54 Å². The van der Waals surface area contributed by atoms with Crippen molar-refractivity contribution in [2.45, 2.75) is 6.54 Å². The number of hydrogen-bond donors (Lipinski definition) is 0. The summed E-state index contributed by atoms with van der Waals surface area (Å²) in [4.78, 5) is 12.5. The Kier molecular flexibility index (Phi) is 3.12. The Hall–Kier alpha value is -3.08. The van der Waals surface area contributed by atoms with Crippen molar-refractivity contribution < 1.29 is 9.66 Å². The van der Waals surface area contributed by atoms with Gasteiger partial charge in [-0.3, -0.25) is 10.1 Å². The average molecular weight is 306 g/mol. The molecule has 3 aromatic rings. The van der Waals surface area contributed by atoms with E-state index in [2.05, 4.69) is 24.3 Å². The zero-order chi connectivity index (χ0) is 15.8. The van der Waals surface area contributed by atoms with Gasteiger partial charge in [0.15, 0.2) is 6.73 Å². The predicted molar refractivity (Wildman–Crippen MR) is 88.7 cm³/mol. The lowest BCUT2D eigenvalue weighted by Crippen LogP contribution is -2.31. The Morgan fingerprint density at radius 2 is 1.91 bits per heavy atom. The van der Waals surface area contributed by atoms with E-state index in [9.17, 15) is 10.1 Å². The number of nitro benzene ring substituents is 1. The van der Waals surface area contributed by atoms with Gasteiger partial charge in [-0.15, -0.1) is 0 Å². The van der Waals surface area contributed by atoms with Crippen LogP contribution in [0, 0.1) is 10.1 Å². The maximum absolute atomic E-state index is 10.9. The lowest BCUT2D eigenvalue weighted by molar-refractivity contribution is -0.384. The third kappa shape index (κ3) is 2.36. The van der Waals surface area contributed by atoms with Crippen LogP contribution in [0.15, 0.2) is 60.7 Å². The van der Waals surface area contributed by atoms with Gasteiger partial charge in [0.2, 0.25) is 0 Å². The summed E-state index contributed by atoms with van der Waals surface area (Å²) in [6.45, 7) is 1.05. The highest BCUT2D eigenvalue weighted by atomic mass is 16.6. The van der Waals surface area contributed by atoms with E-state index in [1.54, 1.807) is 12.1 Å². The molecule has 0 aliphatic carbocycles. The van der Waals surface area contributed by atoms with Gasteiger partial charge in [-0.05, 0) is 11.5 Å². The Bertz CT molecular complexity index is 908. The second-order valence-electron chi connectivity index (χ2n) is 5.52. The van der Waals surface area contributed by atoms with Crippen molar-refractivity contribution in [3.8, 4) is 5.75 Å². The molecule has 0 aromatic heterocycles. The highest BCUT2D eigenvalue weighted by molar-refractivity contribution is 5.90. The fourth-order valence-electron chi connectivity index (χ4n) is 2.95. The van der Waals surface area contributed by atoms with E-state index in [0.29, 0.717) is 13.3 Å². The highest BCUT2D eigenvalue weighted by Crippen LogP contribution is 2.35. The number of ether oxygens (including phenoxy) is 1. The summed E-state index contributed by atoms with van der Waals surface area (Å²) in [6.07, 6.45) is 0. The summed E-state index contributed by atoms with van der Waals surface area (Å²) >= 11 is 0. The molecule has 0 atom stereocenters. The van der Waals surface area contributed by atoms with Gasteiger partial charge in [-0.1, -0.05) is 42.5 Å². The van der Waals surface area contributed by atoms with E-state index in [4.69, 9.17) is 4.74 Å². The fraction of sp³-hybridized carbons (Fsp3) is 0.111. The number of rotatable bonds is 2. The van der Waals surface area contributed by atoms with E-state index < -0.39 is 0 Å². The number of non-ortho nitro benzene ring substituents is 1. The Morgan fingerprint density at radius 3 is 2.78 bits per heavy atom. The summed E-state index contributed by atoms with van der Waals surface area (Å²) in [7, 11) is 0. The fourth-order valence-corrected chi connectivity index (χ4v) is 2.95. The molecule has 0 bridgehead atoms. The van der Waals surface area contributed by atoms with Crippen molar-refractivity contribution in [3.05, 3.63) is 76.3 Å². The summed E-state index contributed by atoms with van der Waals surface area (Å²) in [6, 6.07) is 18.9. The minimum absolute atomic E-state index is 0.0896. The first-order valence-electron chi connectivity index (χ1n) is 7.35. The van der Waals surface area contributed by atoms with Crippen LogP contribution in [0.5, 0.6) is 5.75 Å². The molecule has 5 nitrogen and oxygen atoms in total. The van der Waals surface area contributed by atoms with Crippen LogP contribution in [0.25, 0.3) is 10.8 Å². The Balaban J connectivity index is 1.70. The molecule has 5 heteroatoms. The van der Waals surface area contributed by atoms with Crippen LogP contribution in [0.3, 0.4) is 0 Å². The first kappa shape index (κ1) is 13.6. The lowest BCUT2D eigenvalue weighted by atomic mass is 10.0. The van der Waals surface area contributed by atoms with Gasteiger partial charge in [-0.2, -0.15) is 0 Å². The van der Waals surface area contributed by atoms with Crippen LogP contribution >= 0.6 is 0 Å². The topological polar surface area (TPSA) is 55.6 Å². The largest absolute Gasteiger partial charge is 0.472 e. The molecule has 0 fully saturated rings. The number of hydrogen-bond acceptors (Lipinski definition) is 4. The number of fused-ring (bicyclic) bond motifs is 3. The van der Waals surface area contributed by atoms with Crippen molar-refractivity contribution in [1.29, 1.82) is 0 Å². The van der Waals surface area contributed by atoms with Gasteiger partial charge in [0.05, 0.1) is 4.92 Å². The van der Waals surface area contributed by atoms with Crippen molar-refractivity contribution in [2.75, 3.05) is 11.6 Å². The first-order chi connectivity index (χ1) is 11.2. The van der Waals surface area contributed by atoms with E-state index in [-0.39, 0.29) is 10.6 Å². The lowest BCUT2D eigenvalue weighted by Gasteiger charge is -2.31. The predicted octanol–water partition coefficient (Wildman–Crippen LogP) is 4.10.